The van der Waals surface area contributed by atoms with Crippen LogP contribution >= 0.6 is 0 Å². The summed E-state index contributed by atoms with van der Waals surface area (Å²) >= 11 is 0. The Kier molecular flexibility index (Phi) is 3.77. The van der Waals surface area contributed by atoms with Gasteiger partial charge in [0.25, 0.3) is 10.0 Å². The lowest BCUT2D eigenvalue weighted by Crippen LogP contribution is -2.30. The van der Waals surface area contributed by atoms with Crippen molar-refractivity contribution in [3.8, 4) is 0 Å². The number of primary amides is 1. The number of rotatable bonds is 6. The number of nitrogens with one attached hydrogen (secondary N) is 2. The zero-order chi connectivity index (χ0) is 13.1. The van der Waals surface area contributed by atoms with Crippen LogP contribution in [0.1, 0.15) is 10.4 Å². The van der Waals surface area contributed by atoms with E-state index in [9.17, 15) is 18.0 Å². The first-order valence-corrected chi connectivity index (χ1v) is 5.51. The molecule has 0 spiro atoms. The van der Waals surface area contributed by atoms with E-state index in [1.165, 1.54) is 4.89 Å². The number of sulfonamides is 1. The third kappa shape index (κ3) is 3.24. The summed E-state index contributed by atoms with van der Waals surface area (Å²) in [7, 11) is -4.27. The van der Waals surface area contributed by atoms with Gasteiger partial charge in [-0.1, -0.05) is 4.89 Å². The molecule has 0 unspecified atom stereocenters. The fourth-order valence-corrected chi connectivity index (χ4v) is 1.75. The van der Waals surface area contributed by atoms with Crippen molar-refractivity contribution >= 4 is 21.9 Å². The second-order valence-electron chi connectivity index (χ2n) is 2.76. The molecule has 0 atom stereocenters. The first-order valence-electron chi connectivity index (χ1n) is 4.03. The summed E-state index contributed by atoms with van der Waals surface area (Å²) in [5.41, 5.74) is 4.15. The van der Waals surface area contributed by atoms with E-state index in [1.807, 2.05) is 5.10 Å². The number of aromatic amines is 1. The van der Waals surface area contributed by atoms with Gasteiger partial charge >= 0.3 is 5.97 Å². The predicted molar refractivity (Wildman–Crippen MR) is 51.0 cm³/mol. The van der Waals surface area contributed by atoms with Gasteiger partial charge < -0.3 is 10.8 Å². The highest BCUT2D eigenvalue weighted by Gasteiger charge is 2.25. The number of aromatic nitrogens is 2. The molecule has 0 aromatic carbocycles. The van der Waals surface area contributed by atoms with Gasteiger partial charge in [-0.25, -0.2) is 13.2 Å². The Bertz CT molecular complexity index is 534. The van der Waals surface area contributed by atoms with Gasteiger partial charge in [-0.15, -0.1) is 0 Å². The molecule has 0 fully saturated rings. The monoisotopic (exact) mass is 264 g/mol. The molecule has 1 amide bonds. The van der Waals surface area contributed by atoms with Crippen LogP contribution in [0.3, 0.4) is 0 Å². The normalized spacial score (nSPS) is 11.3. The lowest BCUT2D eigenvalue weighted by molar-refractivity contribution is -0.123. The van der Waals surface area contributed by atoms with Crippen LogP contribution < -0.4 is 10.6 Å². The van der Waals surface area contributed by atoms with E-state index >= 15 is 0 Å². The summed E-state index contributed by atoms with van der Waals surface area (Å²) < 4.78 is 23.0. The van der Waals surface area contributed by atoms with E-state index in [4.69, 9.17) is 10.8 Å². The quantitative estimate of drug-likeness (QED) is 0.423. The van der Waals surface area contributed by atoms with Crippen LogP contribution in [0.15, 0.2) is 11.2 Å². The van der Waals surface area contributed by atoms with Gasteiger partial charge in [0.2, 0.25) is 5.91 Å². The number of carbonyl (C=O) groups is 2. The van der Waals surface area contributed by atoms with E-state index in [-0.39, 0.29) is 0 Å². The number of carboxylic acids is 1. The number of aromatic carboxylic acids is 1. The third-order valence-electron chi connectivity index (χ3n) is 1.49. The SMILES string of the molecule is NC(=O)CONS(=O)(=O)c1[nH]ncc1C(=O)O. The molecule has 0 bridgehead atoms. The van der Waals surface area contributed by atoms with Crippen molar-refractivity contribution in [1.29, 1.82) is 0 Å². The lowest BCUT2D eigenvalue weighted by atomic mass is 10.4. The van der Waals surface area contributed by atoms with Crippen molar-refractivity contribution in [2.75, 3.05) is 6.61 Å². The van der Waals surface area contributed by atoms with Crippen molar-refractivity contribution in [3.05, 3.63) is 11.8 Å². The van der Waals surface area contributed by atoms with Crippen molar-refractivity contribution in [2.24, 2.45) is 5.73 Å². The van der Waals surface area contributed by atoms with Gasteiger partial charge in [-0.3, -0.25) is 14.7 Å². The van der Waals surface area contributed by atoms with Crippen LogP contribution in [0.4, 0.5) is 0 Å². The number of H-pyrrole nitrogens is 1. The fraction of sp³-hybridized carbons (Fsp3) is 0.167. The number of carboxylic acid groups (broad SMARTS) is 1. The van der Waals surface area contributed by atoms with Crippen molar-refractivity contribution < 1.29 is 28.0 Å². The fourth-order valence-electron chi connectivity index (χ4n) is 0.851. The summed E-state index contributed by atoms with van der Waals surface area (Å²) in [5.74, 6) is -2.37. The highest BCUT2D eigenvalue weighted by molar-refractivity contribution is 7.89. The highest BCUT2D eigenvalue weighted by atomic mass is 32.2. The zero-order valence-corrected chi connectivity index (χ0v) is 9.02. The van der Waals surface area contributed by atoms with Crippen molar-refractivity contribution in [2.45, 2.75) is 5.03 Å². The highest BCUT2D eigenvalue weighted by Crippen LogP contribution is 2.11. The number of hydrogen-bond acceptors (Lipinski definition) is 6. The maximum Gasteiger partial charge on any atom is 0.340 e. The summed E-state index contributed by atoms with van der Waals surface area (Å²) in [5, 5.41) is 13.2. The molecule has 0 radical (unpaired) electrons. The minimum absolute atomic E-state index is 0.555. The molecular formula is C6H8N4O6S. The number of hydrogen-bond donors (Lipinski definition) is 4. The Balaban J connectivity index is 2.86. The maximum atomic E-state index is 11.5. The molecule has 11 heteroatoms. The minimum atomic E-state index is -4.27. The van der Waals surface area contributed by atoms with Crippen molar-refractivity contribution in [3.63, 3.8) is 0 Å². The van der Waals surface area contributed by atoms with Crippen LogP contribution in [0.5, 0.6) is 0 Å². The summed E-state index contributed by atoms with van der Waals surface area (Å²) in [6.45, 7) is -0.685. The Labute approximate surface area is 94.8 Å². The Hall–Kier alpha value is -1.98. The average molecular weight is 264 g/mol. The van der Waals surface area contributed by atoms with E-state index in [2.05, 4.69) is 9.94 Å². The van der Waals surface area contributed by atoms with E-state index in [1.54, 1.807) is 0 Å². The Morgan fingerprint density at radius 2 is 2.24 bits per heavy atom. The minimum Gasteiger partial charge on any atom is -0.478 e. The summed E-state index contributed by atoms with van der Waals surface area (Å²) in [6.07, 6.45) is 0.824. The van der Waals surface area contributed by atoms with Crippen LogP contribution in [-0.4, -0.2) is 42.2 Å². The second-order valence-corrected chi connectivity index (χ2v) is 4.34. The van der Waals surface area contributed by atoms with E-state index in [0.717, 1.165) is 6.20 Å². The smallest absolute Gasteiger partial charge is 0.340 e. The van der Waals surface area contributed by atoms with E-state index in [0.29, 0.717) is 0 Å². The number of nitrogens with two attached hydrogens (primary N) is 1. The van der Waals surface area contributed by atoms with Crippen LogP contribution in [0.25, 0.3) is 0 Å². The van der Waals surface area contributed by atoms with Crippen LogP contribution in [-0.2, 0) is 19.7 Å². The maximum absolute atomic E-state index is 11.5. The molecule has 0 aliphatic rings. The molecule has 0 aliphatic carbocycles. The van der Waals surface area contributed by atoms with Gasteiger partial charge in [0.1, 0.15) is 12.2 Å². The molecule has 17 heavy (non-hydrogen) atoms. The molecule has 1 heterocycles. The average Bonchev–Trinajstić information content (AvgIpc) is 2.65. The second kappa shape index (κ2) is 4.90. The number of carbonyl (C=O) groups excluding carboxylic acids is 1. The molecule has 1 rings (SSSR count). The molecule has 0 saturated heterocycles. The Morgan fingerprint density at radius 1 is 1.59 bits per heavy atom. The van der Waals surface area contributed by atoms with Gasteiger partial charge in [-0.2, -0.15) is 5.10 Å². The summed E-state index contributed by atoms with van der Waals surface area (Å²) in [4.78, 5) is 26.7. The molecule has 94 valence electrons. The zero-order valence-electron chi connectivity index (χ0n) is 8.21. The molecular weight excluding hydrogens is 256 g/mol. The van der Waals surface area contributed by atoms with Crippen LogP contribution in [0.2, 0.25) is 0 Å². The first kappa shape index (κ1) is 13.1. The molecule has 5 N–H and O–H groups in total. The topological polar surface area (TPSA) is 164 Å². The molecule has 1 aromatic heterocycles. The molecule has 0 saturated carbocycles. The van der Waals surface area contributed by atoms with Gasteiger partial charge in [0.15, 0.2) is 5.03 Å². The predicted octanol–water partition coefficient (Wildman–Crippen LogP) is -2.20. The molecule has 1 aromatic rings. The van der Waals surface area contributed by atoms with Gasteiger partial charge in [0, 0.05) is 0 Å². The van der Waals surface area contributed by atoms with Gasteiger partial charge in [0.05, 0.1) is 6.20 Å². The summed E-state index contributed by atoms with van der Waals surface area (Å²) in [6, 6.07) is 0. The lowest BCUT2D eigenvalue weighted by Gasteiger charge is -2.04. The standard InChI is InChI=1S/C6H8N4O6S/c7-4(11)2-16-10-17(14,15)5-3(6(12)13)1-8-9-5/h1,10H,2H2,(H2,7,11)(H,8,9)(H,12,13). The largest absolute Gasteiger partial charge is 0.478 e. The number of amides is 1. The molecule has 10 nitrogen and oxygen atoms in total. The van der Waals surface area contributed by atoms with Crippen LogP contribution in [0, 0.1) is 0 Å². The third-order valence-corrected chi connectivity index (χ3v) is 2.67. The van der Waals surface area contributed by atoms with Crippen molar-refractivity contribution in [1.82, 2.24) is 15.1 Å². The number of nitrogens with zero attached hydrogens (tertiary/aromatic N) is 1. The molecule has 0 aliphatic heterocycles. The van der Waals surface area contributed by atoms with E-state index < -0.39 is 39.1 Å². The first-order chi connectivity index (χ1) is 7.84. The van der Waals surface area contributed by atoms with Gasteiger partial charge in [-0.05, 0) is 0 Å². The Morgan fingerprint density at radius 3 is 2.76 bits per heavy atom.